The van der Waals surface area contributed by atoms with Gasteiger partial charge in [-0.15, -0.1) is 0 Å². The van der Waals surface area contributed by atoms with Crippen LogP contribution in [0.25, 0.3) is 0 Å². The number of hydrogen-bond donors (Lipinski definition) is 1. The average molecular weight is 318 g/mol. The van der Waals surface area contributed by atoms with Gasteiger partial charge in [0, 0.05) is 19.0 Å². The summed E-state index contributed by atoms with van der Waals surface area (Å²) in [5.41, 5.74) is 1.27. The molecule has 0 aliphatic carbocycles. The lowest BCUT2D eigenvalue weighted by atomic mass is 9.95. The molecule has 0 spiro atoms. The normalized spacial score (nSPS) is 16.3. The third-order valence-corrected chi connectivity index (χ3v) is 4.58. The van der Waals surface area contributed by atoms with E-state index < -0.39 is 0 Å². The van der Waals surface area contributed by atoms with Crippen molar-refractivity contribution in [1.82, 2.24) is 10.2 Å². The van der Waals surface area contributed by atoms with Crippen LogP contribution >= 0.6 is 0 Å². The molecule has 0 radical (unpaired) electrons. The van der Waals surface area contributed by atoms with Gasteiger partial charge >= 0.3 is 0 Å². The number of likely N-dealkylation sites (tertiary alicyclic amines) is 1. The fourth-order valence-corrected chi connectivity index (χ4v) is 3.11. The van der Waals surface area contributed by atoms with Gasteiger partial charge < -0.3 is 10.1 Å². The number of amides is 1. The van der Waals surface area contributed by atoms with E-state index >= 15 is 0 Å². The van der Waals surface area contributed by atoms with Crippen molar-refractivity contribution in [3.05, 3.63) is 29.8 Å². The molecule has 4 heteroatoms. The van der Waals surface area contributed by atoms with Crippen molar-refractivity contribution in [2.45, 2.75) is 45.6 Å². The van der Waals surface area contributed by atoms with Crippen molar-refractivity contribution in [1.29, 1.82) is 0 Å². The molecule has 23 heavy (non-hydrogen) atoms. The van der Waals surface area contributed by atoms with E-state index in [1.807, 2.05) is 12.1 Å². The number of nitrogens with zero attached hydrogens (tertiary/aromatic N) is 1. The summed E-state index contributed by atoms with van der Waals surface area (Å²) in [7, 11) is 1.70. The fourth-order valence-electron chi connectivity index (χ4n) is 3.11. The summed E-state index contributed by atoms with van der Waals surface area (Å²) in [5.74, 6) is 1.35. The monoisotopic (exact) mass is 318 g/mol. The Hall–Kier alpha value is -1.55. The molecule has 1 fully saturated rings. The second kappa shape index (κ2) is 9.56. The highest BCUT2D eigenvalue weighted by Gasteiger charge is 2.24. The van der Waals surface area contributed by atoms with E-state index in [0.29, 0.717) is 0 Å². The summed E-state index contributed by atoms with van der Waals surface area (Å²) >= 11 is 0. The lowest BCUT2D eigenvalue weighted by molar-refractivity contribution is -0.126. The third-order valence-electron chi connectivity index (χ3n) is 4.58. The van der Waals surface area contributed by atoms with Crippen LogP contribution in [-0.4, -0.2) is 37.6 Å². The molecule has 1 N–H and O–H groups in total. The highest BCUT2D eigenvalue weighted by molar-refractivity contribution is 5.78. The number of unbranched alkanes of at least 4 members (excludes halogenated alkanes) is 2. The minimum Gasteiger partial charge on any atom is -0.497 e. The molecule has 128 valence electrons. The van der Waals surface area contributed by atoms with Crippen LogP contribution in [0.3, 0.4) is 0 Å². The second-order valence-corrected chi connectivity index (χ2v) is 6.40. The van der Waals surface area contributed by atoms with Gasteiger partial charge in [-0.3, -0.25) is 9.69 Å². The lowest BCUT2D eigenvalue weighted by Gasteiger charge is -2.31. The topological polar surface area (TPSA) is 41.6 Å². The van der Waals surface area contributed by atoms with Gasteiger partial charge in [0.25, 0.3) is 0 Å². The molecule has 1 aromatic rings. The van der Waals surface area contributed by atoms with E-state index in [2.05, 4.69) is 29.3 Å². The van der Waals surface area contributed by atoms with Gasteiger partial charge in [-0.05, 0) is 50.0 Å². The highest BCUT2D eigenvalue weighted by Crippen LogP contribution is 2.20. The summed E-state index contributed by atoms with van der Waals surface area (Å²) in [5, 5.41) is 3.09. The van der Waals surface area contributed by atoms with Crippen molar-refractivity contribution >= 4 is 5.91 Å². The molecular formula is C19H30N2O2. The molecule has 0 bridgehead atoms. The van der Waals surface area contributed by atoms with Gasteiger partial charge in [-0.1, -0.05) is 31.9 Å². The Labute approximate surface area is 140 Å². The smallest absolute Gasteiger partial charge is 0.223 e. The van der Waals surface area contributed by atoms with E-state index in [1.165, 1.54) is 18.4 Å². The minimum absolute atomic E-state index is 0.193. The van der Waals surface area contributed by atoms with E-state index in [9.17, 15) is 4.79 Å². The van der Waals surface area contributed by atoms with Crippen molar-refractivity contribution in [3.63, 3.8) is 0 Å². The van der Waals surface area contributed by atoms with Crippen LogP contribution in [0.15, 0.2) is 24.3 Å². The van der Waals surface area contributed by atoms with Gasteiger partial charge in [0.1, 0.15) is 5.75 Å². The van der Waals surface area contributed by atoms with Gasteiger partial charge in [0.2, 0.25) is 5.91 Å². The zero-order chi connectivity index (χ0) is 16.5. The maximum Gasteiger partial charge on any atom is 0.223 e. The van der Waals surface area contributed by atoms with Crippen molar-refractivity contribution < 1.29 is 9.53 Å². The predicted octanol–water partition coefficient (Wildman–Crippen LogP) is 3.21. The number of ether oxygens (including phenoxy) is 1. The highest BCUT2D eigenvalue weighted by atomic mass is 16.5. The van der Waals surface area contributed by atoms with Gasteiger partial charge in [-0.2, -0.15) is 0 Å². The Kier molecular flexibility index (Phi) is 7.40. The first kappa shape index (κ1) is 17.8. The van der Waals surface area contributed by atoms with Crippen LogP contribution in [-0.2, 0) is 11.3 Å². The first-order valence-electron chi connectivity index (χ1n) is 8.86. The SMILES string of the molecule is CCCCCNC(=O)C1CCN(Cc2cccc(OC)c2)CC1. The summed E-state index contributed by atoms with van der Waals surface area (Å²) in [6.45, 7) is 5.92. The quantitative estimate of drug-likeness (QED) is 0.748. The minimum atomic E-state index is 0.193. The van der Waals surface area contributed by atoms with E-state index in [-0.39, 0.29) is 11.8 Å². The molecule has 2 rings (SSSR count). The molecule has 0 unspecified atom stereocenters. The van der Waals surface area contributed by atoms with Crippen molar-refractivity contribution in [3.8, 4) is 5.75 Å². The fraction of sp³-hybridized carbons (Fsp3) is 0.632. The summed E-state index contributed by atoms with van der Waals surface area (Å²) in [6.07, 6.45) is 5.40. The van der Waals surface area contributed by atoms with Crippen molar-refractivity contribution in [2.24, 2.45) is 5.92 Å². The van der Waals surface area contributed by atoms with Crippen LogP contribution < -0.4 is 10.1 Å². The van der Waals surface area contributed by atoms with Crippen molar-refractivity contribution in [2.75, 3.05) is 26.7 Å². The van der Waals surface area contributed by atoms with E-state index in [0.717, 1.165) is 51.2 Å². The van der Waals surface area contributed by atoms with Gasteiger partial charge in [0.05, 0.1) is 7.11 Å². The number of piperidine rings is 1. The Bertz CT molecular complexity index is 482. The second-order valence-electron chi connectivity index (χ2n) is 6.40. The summed E-state index contributed by atoms with van der Waals surface area (Å²) in [6, 6.07) is 8.23. The molecule has 1 aliphatic rings. The third kappa shape index (κ3) is 5.87. The molecule has 0 saturated carbocycles. The average Bonchev–Trinajstić information content (AvgIpc) is 2.59. The zero-order valence-corrected chi connectivity index (χ0v) is 14.5. The van der Waals surface area contributed by atoms with Crippen LogP contribution in [0.5, 0.6) is 5.75 Å². The Balaban J connectivity index is 1.71. The molecule has 0 atom stereocenters. The number of nitrogens with one attached hydrogen (secondary N) is 1. The molecule has 4 nitrogen and oxygen atoms in total. The number of benzene rings is 1. The van der Waals surface area contributed by atoms with Crippen LogP contribution in [0, 0.1) is 5.92 Å². The van der Waals surface area contributed by atoms with Crippen LogP contribution in [0.2, 0.25) is 0 Å². The summed E-state index contributed by atoms with van der Waals surface area (Å²) < 4.78 is 5.28. The molecule has 1 saturated heterocycles. The largest absolute Gasteiger partial charge is 0.497 e. The molecule has 0 aromatic heterocycles. The number of carbonyl (C=O) groups excluding carboxylic acids is 1. The molecule has 1 aliphatic heterocycles. The van der Waals surface area contributed by atoms with Gasteiger partial charge in [0.15, 0.2) is 0 Å². The van der Waals surface area contributed by atoms with Gasteiger partial charge in [-0.25, -0.2) is 0 Å². The maximum atomic E-state index is 12.2. The summed E-state index contributed by atoms with van der Waals surface area (Å²) in [4.78, 5) is 14.6. The van der Waals surface area contributed by atoms with E-state index in [4.69, 9.17) is 4.74 Å². The Morgan fingerprint density at radius 2 is 2.09 bits per heavy atom. The number of hydrogen-bond acceptors (Lipinski definition) is 3. The van der Waals surface area contributed by atoms with E-state index in [1.54, 1.807) is 7.11 Å². The number of rotatable bonds is 8. The molecule has 1 amide bonds. The van der Waals surface area contributed by atoms with Crippen LogP contribution in [0.1, 0.15) is 44.6 Å². The molecule has 1 aromatic carbocycles. The number of methoxy groups -OCH3 is 1. The lowest BCUT2D eigenvalue weighted by Crippen LogP contribution is -2.40. The standard InChI is InChI=1S/C19H30N2O2/c1-3-4-5-11-20-19(22)17-9-12-21(13-10-17)15-16-7-6-8-18(14-16)23-2/h6-8,14,17H,3-5,9-13,15H2,1-2H3,(H,20,22). The maximum absolute atomic E-state index is 12.2. The Morgan fingerprint density at radius 1 is 1.30 bits per heavy atom. The molecular weight excluding hydrogens is 288 g/mol. The Morgan fingerprint density at radius 3 is 2.78 bits per heavy atom. The number of carbonyl (C=O) groups is 1. The van der Waals surface area contributed by atoms with Crippen LogP contribution in [0.4, 0.5) is 0 Å². The first-order valence-corrected chi connectivity index (χ1v) is 8.86. The molecule has 1 heterocycles. The predicted molar refractivity (Wildman–Crippen MR) is 93.5 cm³/mol. The zero-order valence-electron chi connectivity index (χ0n) is 14.5. The first-order chi connectivity index (χ1) is 11.2.